The highest BCUT2D eigenvalue weighted by atomic mass is 35.5. The molecule has 2 amide bonds. The van der Waals surface area contributed by atoms with Crippen molar-refractivity contribution in [3.8, 4) is 11.5 Å². The van der Waals surface area contributed by atoms with E-state index in [9.17, 15) is 40.3 Å². The molecule has 2 aromatic carbocycles. The van der Waals surface area contributed by atoms with E-state index in [1.807, 2.05) is 0 Å². The number of nitrogens with zero attached hydrogens (tertiary/aromatic N) is 3. The lowest BCUT2D eigenvalue weighted by Crippen LogP contribution is -2.50. The van der Waals surface area contributed by atoms with Crippen molar-refractivity contribution in [2.75, 3.05) is 4.90 Å². The molecule has 1 aliphatic rings. The van der Waals surface area contributed by atoms with Crippen molar-refractivity contribution < 1.29 is 44.7 Å². The number of imide groups is 1. The Bertz CT molecular complexity index is 1340. The highest BCUT2D eigenvalue weighted by Gasteiger charge is 2.76. The number of anilines is 1. The van der Waals surface area contributed by atoms with Gasteiger partial charge in [0, 0.05) is 5.56 Å². The van der Waals surface area contributed by atoms with Gasteiger partial charge in [0.25, 0.3) is 17.7 Å². The fourth-order valence-electron chi connectivity index (χ4n) is 3.28. The number of carbonyl (C=O) groups excluding carboxylic acids is 2. The molecule has 1 aromatic heterocycles. The minimum atomic E-state index is -6.57. The normalized spacial score (nSPS) is 14.7. The molecule has 6 nitrogen and oxygen atoms in total. The molecule has 3 aromatic rings. The highest BCUT2D eigenvalue weighted by molar-refractivity contribution is 6.42. The lowest BCUT2D eigenvalue weighted by molar-refractivity contribution is -0.364. The van der Waals surface area contributed by atoms with Crippen LogP contribution in [0.3, 0.4) is 0 Å². The maximum absolute atomic E-state index is 13.8. The Hall–Kier alpha value is -3.48. The van der Waals surface area contributed by atoms with E-state index in [0.29, 0.717) is 0 Å². The van der Waals surface area contributed by atoms with Crippen molar-refractivity contribution in [2.45, 2.75) is 24.9 Å². The molecule has 0 N–H and O–H groups in total. The number of hydrogen-bond donors (Lipinski definition) is 0. The fraction of sp³-hybridized carbons (Fsp3) is 0.200. The second-order valence-corrected chi connectivity index (χ2v) is 7.58. The molecule has 0 spiro atoms. The van der Waals surface area contributed by atoms with Crippen molar-refractivity contribution >= 4 is 29.1 Å². The second-order valence-electron chi connectivity index (χ2n) is 7.17. The number of aromatic nitrogens is 2. The maximum Gasteiger partial charge on any atom is 0.460 e. The van der Waals surface area contributed by atoms with Gasteiger partial charge in [-0.05, 0) is 42.8 Å². The zero-order valence-electron chi connectivity index (χ0n) is 16.6. The highest BCUT2D eigenvalue weighted by Crippen LogP contribution is 2.51. The van der Waals surface area contributed by atoms with Crippen molar-refractivity contribution in [1.82, 2.24) is 10.2 Å². The third-order valence-electron chi connectivity index (χ3n) is 4.99. The lowest BCUT2D eigenvalue weighted by atomic mass is 10.1. The van der Waals surface area contributed by atoms with Crippen LogP contribution in [0.5, 0.6) is 0 Å². The van der Waals surface area contributed by atoms with E-state index in [2.05, 4.69) is 14.6 Å². The van der Waals surface area contributed by atoms with Gasteiger partial charge in [-0.1, -0.05) is 17.7 Å². The zero-order valence-corrected chi connectivity index (χ0v) is 17.3. The third kappa shape index (κ3) is 3.33. The van der Waals surface area contributed by atoms with Gasteiger partial charge in [0.1, 0.15) is 0 Å². The summed E-state index contributed by atoms with van der Waals surface area (Å²) in [7, 11) is 0. The first-order valence-electron chi connectivity index (χ1n) is 9.13. The average molecular weight is 508 g/mol. The van der Waals surface area contributed by atoms with Gasteiger partial charge in [-0.15, -0.1) is 10.2 Å². The van der Waals surface area contributed by atoms with Crippen LogP contribution >= 0.6 is 11.6 Å². The monoisotopic (exact) mass is 507 g/mol. The van der Waals surface area contributed by atoms with Gasteiger partial charge in [-0.25, -0.2) is 4.90 Å². The van der Waals surface area contributed by atoms with Crippen LogP contribution in [0.25, 0.3) is 11.5 Å². The topological polar surface area (TPSA) is 76.3 Å². The molecular weight excluding hydrogens is 499 g/mol. The average Bonchev–Trinajstić information content (AvgIpc) is 3.33. The standard InChI is InChI=1S/C20H9ClF7N3O3/c1-8-7-9(14-29-30-17(34-14)18(22,23)19(24,25)20(26,27)28)5-6-12(8)31-15(32)10-3-2-4-11(21)13(10)16(31)33/h2-7H,1H3. The van der Waals surface area contributed by atoms with Crippen LogP contribution in [-0.4, -0.2) is 34.1 Å². The lowest BCUT2D eigenvalue weighted by Gasteiger charge is -2.25. The largest absolute Gasteiger partial charge is 0.460 e. The molecule has 0 bridgehead atoms. The molecule has 1 aliphatic heterocycles. The summed E-state index contributed by atoms with van der Waals surface area (Å²) >= 11 is 6.01. The predicted molar refractivity (Wildman–Crippen MR) is 102 cm³/mol. The van der Waals surface area contributed by atoms with Crippen LogP contribution in [0.2, 0.25) is 5.02 Å². The molecule has 0 fully saturated rings. The molecule has 0 atom stereocenters. The minimum Gasteiger partial charge on any atom is -0.415 e. The number of amides is 2. The molecule has 0 saturated carbocycles. The Labute approximate surface area is 189 Å². The molecule has 0 radical (unpaired) electrons. The second kappa shape index (κ2) is 7.52. The van der Waals surface area contributed by atoms with Crippen LogP contribution in [0.4, 0.5) is 36.4 Å². The van der Waals surface area contributed by atoms with Crippen LogP contribution in [-0.2, 0) is 5.92 Å². The van der Waals surface area contributed by atoms with Gasteiger partial charge < -0.3 is 4.42 Å². The van der Waals surface area contributed by atoms with Gasteiger partial charge in [0.2, 0.25) is 5.89 Å². The Morgan fingerprint density at radius 1 is 0.941 bits per heavy atom. The summed E-state index contributed by atoms with van der Waals surface area (Å²) in [5, 5.41) is 5.84. The molecule has 34 heavy (non-hydrogen) atoms. The quantitative estimate of drug-likeness (QED) is 0.330. The Balaban J connectivity index is 1.68. The summed E-state index contributed by atoms with van der Waals surface area (Å²) in [6.45, 7) is 1.42. The minimum absolute atomic E-state index is 0.00740. The van der Waals surface area contributed by atoms with Crippen LogP contribution in [0, 0.1) is 6.92 Å². The molecule has 178 valence electrons. The smallest absolute Gasteiger partial charge is 0.415 e. The number of rotatable bonds is 4. The number of hydrogen-bond acceptors (Lipinski definition) is 5. The van der Waals surface area contributed by atoms with E-state index in [1.54, 1.807) is 0 Å². The number of carbonyl (C=O) groups is 2. The third-order valence-corrected chi connectivity index (χ3v) is 5.31. The Morgan fingerprint density at radius 3 is 2.21 bits per heavy atom. The SMILES string of the molecule is Cc1cc(-c2nnc(C(F)(F)C(F)(F)C(F)(F)F)o2)ccc1N1C(=O)c2cccc(Cl)c2C1=O. The van der Waals surface area contributed by atoms with Gasteiger partial charge in [-0.2, -0.15) is 30.7 Å². The van der Waals surface area contributed by atoms with E-state index in [4.69, 9.17) is 11.6 Å². The summed E-state index contributed by atoms with van der Waals surface area (Å²) in [5.74, 6) is -16.7. The van der Waals surface area contributed by atoms with Crippen molar-refractivity contribution in [2.24, 2.45) is 0 Å². The van der Waals surface area contributed by atoms with Crippen molar-refractivity contribution in [3.05, 3.63) is 64.0 Å². The van der Waals surface area contributed by atoms with Gasteiger partial charge in [0.05, 0.1) is 21.8 Å². The van der Waals surface area contributed by atoms with Crippen molar-refractivity contribution in [3.63, 3.8) is 0 Å². The molecule has 2 heterocycles. The number of alkyl halides is 7. The number of aryl methyl sites for hydroxylation is 1. The zero-order chi connectivity index (χ0) is 25.2. The molecule has 0 unspecified atom stereocenters. The van der Waals surface area contributed by atoms with Gasteiger partial charge >= 0.3 is 18.0 Å². The van der Waals surface area contributed by atoms with E-state index < -0.39 is 41.6 Å². The Morgan fingerprint density at radius 2 is 1.62 bits per heavy atom. The molecule has 4 rings (SSSR count). The summed E-state index contributed by atoms with van der Waals surface area (Å²) in [4.78, 5) is 26.3. The van der Waals surface area contributed by atoms with Crippen LogP contribution < -0.4 is 4.90 Å². The van der Waals surface area contributed by atoms with E-state index in [0.717, 1.165) is 11.0 Å². The van der Waals surface area contributed by atoms with E-state index in [1.165, 1.54) is 37.3 Å². The van der Waals surface area contributed by atoms with Gasteiger partial charge in [0.15, 0.2) is 0 Å². The summed E-state index contributed by atoms with van der Waals surface area (Å²) < 4.78 is 95.6. The number of halogens is 8. The number of benzene rings is 2. The summed E-state index contributed by atoms with van der Waals surface area (Å²) in [6, 6.07) is 7.85. The number of fused-ring (bicyclic) bond motifs is 1. The first-order valence-corrected chi connectivity index (χ1v) is 9.51. The summed E-state index contributed by atoms with van der Waals surface area (Å²) in [5.41, 5.74) is 0.220. The van der Waals surface area contributed by atoms with Crippen molar-refractivity contribution in [1.29, 1.82) is 0 Å². The molecular formula is C20H9ClF7N3O3. The first kappa shape index (κ1) is 23.7. The summed E-state index contributed by atoms with van der Waals surface area (Å²) in [6.07, 6.45) is -6.57. The Kier molecular flexibility index (Phi) is 5.23. The van der Waals surface area contributed by atoms with E-state index in [-0.39, 0.29) is 33.0 Å². The maximum atomic E-state index is 13.8. The molecule has 0 saturated heterocycles. The van der Waals surface area contributed by atoms with Crippen LogP contribution in [0.15, 0.2) is 40.8 Å². The van der Waals surface area contributed by atoms with Crippen LogP contribution in [0.1, 0.15) is 32.2 Å². The van der Waals surface area contributed by atoms with Gasteiger partial charge in [-0.3, -0.25) is 9.59 Å². The fourth-order valence-corrected chi connectivity index (χ4v) is 3.54. The van der Waals surface area contributed by atoms with E-state index >= 15 is 0 Å². The molecule has 0 aliphatic carbocycles. The predicted octanol–water partition coefficient (Wildman–Crippen LogP) is 5.79. The molecule has 14 heteroatoms. The first-order chi connectivity index (χ1) is 15.7.